The van der Waals surface area contributed by atoms with Crippen LogP contribution in [0.4, 0.5) is 5.69 Å². The third-order valence-corrected chi connectivity index (χ3v) is 6.61. The van der Waals surface area contributed by atoms with Crippen LogP contribution in [0.5, 0.6) is 0 Å². The van der Waals surface area contributed by atoms with Gasteiger partial charge in [-0.3, -0.25) is 4.79 Å². The van der Waals surface area contributed by atoms with E-state index in [1.807, 2.05) is 0 Å². The van der Waals surface area contributed by atoms with Gasteiger partial charge in [0.1, 0.15) is 18.6 Å². The van der Waals surface area contributed by atoms with Gasteiger partial charge in [-0.25, -0.2) is 13.1 Å². The molecular weight excluding hydrogens is 342 g/mol. The van der Waals surface area contributed by atoms with Crippen LogP contribution in [-0.2, 0) is 19.6 Å². The third-order valence-electron chi connectivity index (χ3n) is 5.21. The molecule has 2 heterocycles. The number of carbonyl (C=O) groups excluding carboxylic acids is 1. The van der Waals surface area contributed by atoms with Crippen LogP contribution >= 0.6 is 0 Å². The lowest BCUT2D eigenvalue weighted by atomic mass is 10.0. The van der Waals surface area contributed by atoms with Gasteiger partial charge in [0.15, 0.2) is 0 Å². The number of fused-ring (bicyclic) bond motifs is 1. The number of sulfonamides is 1. The molecule has 1 atom stereocenters. The first-order valence-electron chi connectivity index (χ1n) is 8.58. The van der Waals surface area contributed by atoms with E-state index in [-0.39, 0.29) is 22.3 Å². The molecular formula is C17H26N3O4S+. The molecule has 0 saturated carbocycles. The fourth-order valence-electron chi connectivity index (χ4n) is 3.34. The number of amides is 1. The van der Waals surface area contributed by atoms with Gasteiger partial charge in [0, 0.05) is 5.69 Å². The van der Waals surface area contributed by atoms with Crippen LogP contribution in [0.1, 0.15) is 32.3 Å². The maximum Gasteiger partial charge on any atom is 0.240 e. The first-order valence-corrected chi connectivity index (χ1v) is 10.1. The molecule has 138 valence electrons. The number of hydrogen-bond donors (Lipinski definition) is 3. The summed E-state index contributed by atoms with van der Waals surface area (Å²) in [5, 5.41) is 2.76. The summed E-state index contributed by atoms with van der Waals surface area (Å²) in [5.41, 5.74) is 1.19. The Hall–Kier alpha value is -1.48. The number of nitrogens with one attached hydrogen (secondary N) is 3. The molecule has 1 aromatic carbocycles. The van der Waals surface area contributed by atoms with Gasteiger partial charge in [-0.15, -0.1) is 0 Å². The van der Waals surface area contributed by atoms with E-state index in [4.69, 9.17) is 4.74 Å². The lowest BCUT2D eigenvalue weighted by molar-refractivity contribution is -0.954. The van der Waals surface area contributed by atoms with Gasteiger partial charge in [0.05, 0.1) is 30.6 Å². The monoisotopic (exact) mass is 368 g/mol. The Labute approximate surface area is 148 Å². The minimum Gasteiger partial charge on any atom is -0.370 e. The highest BCUT2D eigenvalue weighted by Gasteiger charge is 2.34. The zero-order valence-electron chi connectivity index (χ0n) is 14.9. The molecule has 3 rings (SSSR count). The van der Waals surface area contributed by atoms with E-state index >= 15 is 0 Å². The quantitative estimate of drug-likeness (QED) is 0.667. The predicted octanol–water partition coefficient (Wildman–Crippen LogP) is -0.286. The molecule has 0 unspecified atom stereocenters. The average molecular weight is 368 g/mol. The number of quaternary nitrogens is 1. The van der Waals surface area contributed by atoms with E-state index in [9.17, 15) is 13.2 Å². The van der Waals surface area contributed by atoms with Gasteiger partial charge in [-0.2, -0.15) is 0 Å². The summed E-state index contributed by atoms with van der Waals surface area (Å²) in [6, 6.07) is 4.78. The van der Waals surface area contributed by atoms with Crippen LogP contribution in [0, 0.1) is 0 Å². The molecule has 0 spiro atoms. The summed E-state index contributed by atoms with van der Waals surface area (Å²) in [6.45, 7) is 9.39. The average Bonchev–Trinajstić information content (AvgIpc) is 2.88. The van der Waals surface area contributed by atoms with Crippen molar-refractivity contribution in [3.05, 3.63) is 23.8 Å². The van der Waals surface area contributed by atoms with Gasteiger partial charge < -0.3 is 15.0 Å². The number of anilines is 1. The number of hydrogen-bond acceptors (Lipinski definition) is 4. The van der Waals surface area contributed by atoms with Crippen molar-refractivity contribution in [3.8, 4) is 0 Å². The van der Waals surface area contributed by atoms with Crippen molar-refractivity contribution in [3.63, 3.8) is 0 Å². The van der Waals surface area contributed by atoms with Crippen LogP contribution in [0.25, 0.3) is 0 Å². The van der Waals surface area contributed by atoms with E-state index in [0.717, 1.165) is 18.7 Å². The van der Waals surface area contributed by atoms with Crippen LogP contribution < -0.4 is 14.9 Å². The van der Waals surface area contributed by atoms with Gasteiger partial charge in [-0.1, -0.05) is 0 Å². The van der Waals surface area contributed by atoms with Gasteiger partial charge in [0.2, 0.25) is 15.9 Å². The molecule has 8 heteroatoms. The van der Waals surface area contributed by atoms with E-state index in [1.165, 1.54) is 11.0 Å². The second-order valence-electron chi connectivity index (χ2n) is 7.38. The fraction of sp³-hybridized carbons (Fsp3) is 0.588. The highest BCUT2D eigenvalue weighted by Crippen LogP contribution is 2.33. The third kappa shape index (κ3) is 3.72. The maximum absolute atomic E-state index is 12.7. The van der Waals surface area contributed by atoms with Crippen molar-refractivity contribution >= 4 is 21.6 Å². The zero-order chi connectivity index (χ0) is 18.2. The lowest BCUT2D eigenvalue weighted by Gasteiger charge is -2.37. The van der Waals surface area contributed by atoms with Gasteiger partial charge in [-0.05, 0) is 44.5 Å². The Morgan fingerprint density at radius 1 is 1.32 bits per heavy atom. The van der Waals surface area contributed by atoms with Crippen LogP contribution in [0.3, 0.4) is 0 Å². The highest BCUT2D eigenvalue weighted by molar-refractivity contribution is 7.89. The minimum absolute atomic E-state index is 0.102. The fourth-order valence-corrected chi connectivity index (χ4v) is 4.59. The van der Waals surface area contributed by atoms with E-state index in [1.54, 1.807) is 19.1 Å². The molecule has 0 aliphatic carbocycles. The maximum atomic E-state index is 12.7. The zero-order valence-corrected chi connectivity index (χ0v) is 15.7. The van der Waals surface area contributed by atoms with E-state index in [2.05, 4.69) is 23.9 Å². The van der Waals surface area contributed by atoms with Crippen molar-refractivity contribution < 1.29 is 22.8 Å². The molecule has 0 bridgehead atoms. The normalized spacial score (nSPS) is 21.9. The van der Waals surface area contributed by atoms with E-state index in [0.29, 0.717) is 25.4 Å². The van der Waals surface area contributed by atoms with Crippen LogP contribution in [-0.4, -0.2) is 52.7 Å². The molecule has 3 N–H and O–H groups in total. The second-order valence-corrected chi connectivity index (χ2v) is 9.15. The minimum atomic E-state index is -3.63. The van der Waals surface area contributed by atoms with Crippen LogP contribution in [0.15, 0.2) is 23.1 Å². The number of ether oxygens (including phenoxy) is 1. The molecule has 1 amide bonds. The molecule has 1 aromatic rings. The lowest BCUT2D eigenvalue weighted by Crippen LogP contribution is -3.22. The smallest absolute Gasteiger partial charge is 0.240 e. The number of morpholine rings is 1. The number of carbonyl (C=O) groups is 1. The van der Waals surface area contributed by atoms with Crippen molar-refractivity contribution in [1.29, 1.82) is 0 Å². The molecule has 2 aliphatic rings. The topological polar surface area (TPSA) is 88.9 Å². The highest BCUT2D eigenvalue weighted by atomic mass is 32.2. The first-order chi connectivity index (χ1) is 11.7. The summed E-state index contributed by atoms with van der Waals surface area (Å²) >= 11 is 0. The van der Waals surface area contributed by atoms with Crippen molar-refractivity contribution in [2.45, 2.75) is 37.1 Å². The molecule has 1 fully saturated rings. The Morgan fingerprint density at radius 3 is 2.68 bits per heavy atom. The Morgan fingerprint density at radius 2 is 2.00 bits per heavy atom. The summed E-state index contributed by atoms with van der Waals surface area (Å²) in [7, 11) is -3.63. The molecule has 0 aromatic heterocycles. The number of benzene rings is 1. The van der Waals surface area contributed by atoms with Crippen molar-refractivity contribution in [1.82, 2.24) is 4.72 Å². The summed E-state index contributed by atoms with van der Waals surface area (Å²) in [6.07, 6.45) is 0. The van der Waals surface area contributed by atoms with E-state index < -0.39 is 10.0 Å². The number of rotatable bonds is 5. The van der Waals surface area contributed by atoms with Crippen molar-refractivity contribution in [2.75, 3.05) is 38.2 Å². The van der Waals surface area contributed by atoms with Gasteiger partial charge in [0.25, 0.3) is 0 Å². The molecule has 1 saturated heterocycles. The Bertz CT molecular complexity index is 770. The molecule has 0 radical (unpaired) electrons. The Balaban J connectivity index is 1.73. The second kappa shape index (κ2) is 6.68. The summed E-state index contributed by atoms with van der Waals surface area (Å²) < 4.78 is 33.5. The molecule has 25 heavy (non-hydrogen) atoms. The molecule has 2 aliphatic heterocycles. The van der Waals surface area contributed by atoms with Crippen molar-refractivity contribution in [2.24, 2.45) is 0 Å². The predicted molar refractivity (Wildman–Crippen MR) is 94.3 cm³/mol. The van der Waals surface area contributed by atoms with Gasteiger partial charge >= 0.3 is 0 Å². The largest absolute Gasteiger partial charge is 0.370 e. The summed E-state index contributed by atoms with van der Waals surface area (Å²) in [5.74, 6) is -0.436. The SMILES string of the molecule is C[C@@H]1C(=O)Nc2ccc(S(=O)(=O)NCC(C)(C)[NH+]3CCOCC3)cc21. The Kier molecular flexibility index (Phi) is 4.89. The van der Waals surface area contributed by atoms with Crippen LogP contribution in [0.2, 0.25) is 0 Å². The first kappa shape index (κ1) is 18.3. The molecule has 7 nitrogen and oxygen atoms in total. The summed E-state index contributed by atoms with van der Waals surface area (Å²) in [4.78, 5) is 13.3. The standard InChI is InChI=1S/C17H25N3O4S/c1-12-14-10-13(4-5-15(14)19-16(12)21)25(22,23)18-11-17(2,3)20-6-8-24-9-7-20/h4-5,10,12,18H,6-9,11H2,1-3H3,(H,19,21)/p+1/t12-/m0/s1.